The van der Waals surface area contributed by atoms with Gasteiger partial charge in [0.2, 0.25) is 0 Å². The minimum absolute atomic E-state index is 0.0782. The highest BCUT2D eigenvalue weighted by Crippen LogP contribution is 2.11. The molecule has 0 aromatic heterocycles. The maximum atomic E-state index is 11.8. The highest BCUT2D eigenvalue weighted by molar-refractivity contribution is 5.77. The van der Waals surface area contributed by atoms with Gasteiger partial charge in [-0.05, 0) is 38.2 Å². The van der Waals surface area contributed by atoms with Gasteiger partial charge in [0.25, 0.3) is 0 Å². The smallest absolute Gasteiger partial charge is 0.306 e. The fraction of sp³-hybridized carbons (Fsp3) is 0.652. The molecule has 0 aliphatic rings. The molecule has 1 aromatic carbocycles. The predicted molar refractivity (Wildman–Crippen MR) is 109 cm³/mol. The van der Waals surface area contributed by atoms with Crippen molar-refractivity contribution in [2.45, 2.75) is 90.6 Å². The average molecular weight is 377 g/mol. The zero-order valence-electron chi connectivity index (χ0n) is 17.1. The van der Waals surface area contributed by atoms with Crippen LogP contribution in [0.2, 0.25) is 0 Å². The Balaban J connectivity index is 2.00. The Kier molecular flexibility index (Phi) is 13.1. The first-order valence-electron chi connectivity index (χ1n) is 10.5. The molecule has 0 radical (unpaired) electrons. The van der Waals surface area contributed by atoms with Crippen LogP contribution in [0.1, 0.15) is 83.6 Å². The SMILES string of the molecule is CCCCCCCCC(C)OC(=O)CCC(=O)OCCCc1ccccc1. The topological polar surface area (TPSA) is 52.6 Å². The Morgan fingerprint density at radius 2 is 1.56 bits per heavy atom. The van der Waals surface area contributed by atoms with Crippen LogP contribution in [-0.2, 0) is 25.5 Å². The predicted octanol–water partition coefficient (Wildman–Crippen LogP) is 5.62. The number of benzene rings is 1. The summed E-state index contributed by atoms with van der Waals surface area (Å²) in [5.41, 5.74) is 1.23. The van der Waals surface area contributed by atoms with E-state index in [9.17, 15) is 9.59 Å². The third kappa shape index (κ3) is 13.0. The Morgan fingerprint density at radius 1 is 0.889 bits per heavy atom. The Bertz CT molecular complexity index is 512. The zero-order chi connectivity index (χ0) is 19.7. The van der Waals surface area contributed by atoms with Crippen molar-refractivity contribution in [3.63, 3.8) is 0 Å². The maximum absolute atomic E-state index is 11.8. The summed E-state index contributed by atoms with van der Waals surface area (Å²) in [6.07, 6.45) is 10.0. The first-order valence-corrected chi connectivity index (χ1v) is 10.5. The van der Waals surface area contributed by atoms with Gasteiger partial charge in [-0.15, -0.1) is 0 Å². The van der Waals surface area contributed by atoms with E-state index in [-0.39, 0.29) is 30.9 Å². The van der Waals surface area contributed by atoms with Gasteiger partial charge in [0.1, 0.15) is 0 Å². The highest BCUT2D eigenvalue weighted by Gasteiger charge is 2.12. The van der Waals surface area contributed by atoms with Crippen molar-refractivity contribution in [2.75, 3.05) is 6.61 Å². The van der Waals surface area contributed by atoms with E-state index in [0.717, 1.165) is 25.7 Å². The Morgan fingerprint density at radius 3 is 2.30 bits per heavy atom. The Labute approximate surface area is 164 Å². The molecule has 0 saturated carbocycles. The molecule has 1 rings (SSSR count). The summed E-state index contributed by atoms with van der Waals surface area (Å²) in [7, 11) is 0. The number of esters is 2. The Hall–Kier alpha value is -1.84. The number of rotatable bonds is 15. The summed E-state index contributed by atoms with van der Waals surface area (Å²) < 4.78 is 10.5. The van der Waals surface area contributed by atoms with Crippen LogP contribution in [0.5, 0.6) is 0 Å². The van der Waals surface area contributed by atoms with Gasteiger partial charge in [-0.1, -0.05) is 69.4 Å². The van der Waals surface area contributed by atoms with Crippen molar-refractivity contribution < 1.29 is 19.1 Å². The molecular weight excluding hydrogens is 340 g/mol. The first kappa shape index (κ1) is 23.2. The van der Waals surface area contributed by atoms with Crippen molar-refractivity contribution in [3.05, 3.63) is 35.9 Å². The molecule has 0 aliphatic heterocycles. The molecule has 1 atom stereocenters. The molecule has 0 amide bonds. The van der Waals surface area contributed by atoms with E-state index >= 15 is 0 Å². The van der Waals surface area contributed by atoms with Gasteiger partial charge in [-0.25, -0.2) is 0 Å². The van der Waals surface area contributed by atoms with Crippen molar-refractivity contribution in [2.24, 2.45) is 0 Å². The standard InChI is InChI=1S/C23H36O4/c1-3-4-5-6-7-9-13-20(2)27-23(25)18-17-22(24)26-19-12-16-21-14-10-8-11-15-21/h8,10-11,14-15,20H,3-7,9,12-13,16-19H2,1-2H3. The van der Waals surface area contributed by atoms with Crippen LogP contribution in [0.15, 0.2) is 30.3 Å². The normalized spacial score (nSPS) is 11.8. The largest absolute Gasteiger partial charge is 0.466 e. The molecule has 0 saturated heterocycles. The van der Waals surface area contributed by atoms with Crippen molar-refractivity contribution >= 4 is 11.9 Å². The van der Waals surface area contributed by atoms with E-state index in [1.807, 2.05) is 25.1 Å². The number of hydrogen-bond donors (Lipinski definition) is 0. The molecule has 0 spiro atoms. The monoisotopic (exact) mass is 376 g/mol. The van der Waals surface area contributed by atoms with Crippen molar-refractivity contribution in [1.82, 2.24) is 0 Å². The van der Waals surface area contributed by atoms with Crippen LogP contribution in [0.3, 0.4) is 0 Å². The van der Waals surface area contributed by atoms with Crippen LogP contribution in [0, 0.1) is 0 Å². The summed E-state index contributed by atoms with van der Waals surface area (Å²) >= 11 is 0. The summed E-state index contributed by atoms with van der Waals surface area (Å²) in [5, 5.41) is 0. The number of unbranched alkanes of at least 4 members (excludes halogenated alkanes) is 5. The van der Waals surface area contributed by atoms with E-state index in [0.29, 0.717) is 6.61 Å². The number of carbonyl (C=O) groups is 2. The van der Waals surface area contributed by atoms with Crippen LogP contribution in [-0.4, -0.2) is 24.6 Å². The third-order valence-corrected chi connectivity index (χ3v) is 4.55. The number of ether oxygens (including phenoxy) is 2. The fourth-order valence-electron chi connectivity index (χ4n) is 2.94. The van der Waals surface area contributed by atoms with Crippen LogP contribution in [0.25, 0.3) is 0 Å². The lowest BCUT2D eigenvalue weighted by atomic mass is 10.1. The lowest BCUT2D eigenvalue weighted by Crippen LogP contribution is -2.16. The van der Waals surface area contributed by atoms with E-state index in [1.165, 1.54) is 37.7 Å². The quantitative estimate of drug-likeness (QED) is 0.294. The average Bonchev–Trinajstić information content (AvgIpc) is 2.67. The second-order valence-electron chi connectivity index (χ2n) is 7.17. The van der Waals surface area contributed by atoms with Crippen LogP contribution in [0.4, 0.5) is 0 Å². The molecule has 0 aliphatic carbocycles. The lowest BCUT2D eigenvalue weighted by molar-refractivity contribution is -0.153. The molecular formula is C23H36O4. The first-order chi connectivity index (χ1) is 13.1. The van der Waals surface area contributed by atoms with E-state index in [4.69, 9.17) is 9.47 Å². The molecule has 27 heavy (non-hydrogen) atoms. The summed E-state index contributed by atoms with van der Waals surface area (Å²) in [6.45, 7) is 4.52. The van der Waals surface area contributed by atoms with Gasteiger partial charge >= 0.3 is 11.9 Å². The summed E-state index contributed by atoms with van der Waals surface area (Å²) in [6, 6.07) is 10.1. The van der Waals surface area contributed by atoms with Gasteiger partial charge < -0.3 is 9.47 Å². The second kappa shape index (κ2) is 15.2. The van der Waals surface area contributed by atoms with Crippen LogP contribution < -0.4 is 0 Å². The third-order valence-electron chi connectivity index (χ3n) is 4.55. The molecule has 1 aromatic rings. The molecule has 0 N–H and O–H groups in total. The maximum Gasteiger partial charge on any atom is 0.306 e. The number of carbonyl (C=O) groups excluding carboxylic acids is 2. The zero-order valence-corrected chi connectivity index (χ0v) is 17.1. The second-order valence-corrected chi connectivity index (χ2v) is 7.17. The van der Waals surface area contributed by atoms with E-state index in [2.05, 4.69) is 19.1 Å². The van der Waals surface area contributed by atoms with Gasteiger partial charge in [-0.2, -0.15) is 0 Å². The molecule has 1 unspecified atom stereocenters. The van der Waals surface area contributed by atoms with Gasteiger partial charge in [0, 0.05) is 0 Å². The fourth-order valence-corrected chi connectivity index (χ4v) is 2.94. The molecule has 0 fully saturated rings. The molecule has 0 bridgehead atoms. The van der Waals surface area contributed by atoms with Gasteiger partial charge in [0.15, 0.2) is 0 Å². The van der Waals surface area contributed by atoms with E-state index in [1.54, 1.807) is 0 Å². The van der Waals surface area contributed by atoms with Crippen molar-refractivity contribution in [1.29, 1.82) is 0 Å². The molecule has 152 valence electrons. The molecule has 0 heterocycles. The minimum atomic E-state index is -0.330. The van der Waals surface area contributed by atoms with E-state index < -0.39 is 0 Å². The minimum Gasteiger partial charge on any atom is -0.466 e. The summed E-state index contributed by atoms with van der Waals surface area (Å²) in [5.74, 6) is -0.640. The number of aryl methyl sites for hydroxylation is 1. The molecule has 4 heteroatoms. The number of hydrogen-bond acceptors (Lipinski definition) is 4. The molecule has 4 nitrogen and oxygen atoms in total. The van der Waals surface area contributed by atoms with Crippen molar-refractivity contribution in [3.8, 4) is 0 Å². The van der Waals surface area contributed by atoms with Crippen LogP contribution >= 0.6 is 0 Å². The van der Waals surface area contributed by atoms with Gasteiger partial charge in [-0.3, -0.25) is 9.59 Å². The van der Waals surface area contributed by atoms with Gasteiger partial charge in [0.05, 0.1) is 25.6 Å². The lowest BCUT2D eigenvalue weighted by Gasteiger charge is -2.13. The highest BCUT2D eigenvalue weighted by atomic mass is 16.5. The summed E-state index contributed by atoms with van der Waals surface area (Å²) in [4.78, 5) is 23.5.